The van der Waals surface area contributed by atoms with Crippen molar-refractivity contribution in [2.45, 2.75) is 26.7 Å². The number of hydrogen-bond donors (Lipinski definition) is 0. The summed E-state index contributed by atoms with van der Waals surface area (Å²) >= 11 is 0. The number of cyclic esters (lactones) is 2. The topological polar surface area (TPSA) is 43.4 Å². The highest BCUT2D eigenvalue weighted by atomic mass is 16.6. The van der Waals surface area contributed by atoms with E-state index in [1.165, 1.54) is 0 Å². The minimum absolute atomic E-state index is 0.446. The molecule has 1 fully saturated rings. The van der Waals surface area contributed by atoms with E-state index in [0.717, 1.165) is 12.8 Å². The standard InChI is InChI=1S/C8H6O3.C2H6/c9-7-5-3-1-2-4-6(5)8(10)11-7;1-2/h3-4H,1-2H2;1-2H3. The van der Waals surface area contributed by atoms with Crippen LogP contribution >= 0.6 is 0 Å². The molecule has 1 aliphatic carbocycles. The Labute approximate surface area is 77.1 Å². The molecule has 1 saturated heterocycles. The molecule has 0 atom stereocenters. The molecule has 0 spiro atoms. The number of fused-ring (bicyclic) bond motifs is 1. The lowest BCUT2D eigenvalue weighted by molar-refractivity contribution is -0.149. The lowest BCUT2D eigenvalue weighted by Crippen LogP contribution is -1.96. The highest BCUT2D eigenvalue weighted by Gasteiger charge is 2.33. The first kappa shape index (κ1) is 9.71. The van der Waals surface area contributed by atoms with Gasteiger partial charge in [0.25, 0.3) is 0 Å². The van der Waals surface area contributed by atoms with Gasteiger partial charge in [0, 0.05) is 0 Å². The minimum atomic E-state index is -0.499. The summed E-state index contributed by atoms with van der Waals surface area (Å²) in [7, 11) is 0. The second kappa shape index (κ2) is 4.03. The lowest BCUT2D eigenvalue weighted by atomic mass is 10.0. The number of hydrogen-bond acceptors (Lipinski definition) is 3. The molecular weight excluding hydrogens is 168 g/mol. The van der Waals surface area contributed by atoms with Crippen molar-refractivity contribution in [3.63, 3.8) is 0 Å². The zero-order chi connectivity index (χ0) is 9.84. The average Bonchev–Trinajstić information content (AvgIpc) is 2.47. The second-order valence-corrected chi connectivity index (χ2v) is 2.49. The Kier molecular flexibility index (Phi) is 3.01. The molecule has 2 rings (SSSR count). The van der Waals surface area contributed by atoms with Crippen LogP contribution in [0, 0.1) is 0 Å². The maximum Gasteiger partial charge on any atom is 0.346 e. The summed E-state index contributed by atoms with van der Waals surface area (Å²) in [4.78, 5) is 21.7. The fourth-order valence-corrected chi connectivity index (χ4v) is 1.26. The molecule has 13 heavy (non-hydrogen) atoms. The monoisotopic (exact) mass is 180 g/mol. The van der Waals surface area contributed by atoms with Gasteiger partial charge in [-0.15, -0.1) is 0 Å². The third-order valence-corrected chi connectivity index (χ3v) is 1.78. The summed E-state index contributed by atoms with van der Waals surface area (Å²) in [5, 5.41) is 0. The number of carbonyl (C=O) groups excluding carboxylic acids is 2. The summed E-state index contributed by atoms with van der Waals surface area (Å²) in [5.74, 6) is -0.998. The summed E-state index contributed by atoms with van der Waals surface area (Å²) in [6.07, 6.45) is 5.15. The first-order chi connectivity index (χ1) is 6.29. The molecule has 0 radical (unpaired) electrons. The molecule has 1 aliphatic heterocycles. The van der Waals surface area contributed by atoms with E-state index in [9.17, 15) is 9.59 Å². The SMILES string of the molecule is CC.O=C1OC(=O)C2=CCCC=C12. The summed E-state index contributed by atoms with van der Waals surface area (Å²) < 4.78 is 4.39. The van der Waals surface area contributed by atoms with Gasteiger partial charge in [0.05, 0.1) is 11.1 Å². The molecule has 2 aliphatic rings. The van der Waals surface area contributed by atoms with Crippen molar-refractivity contribution in [2.24, 2.45) is 0 Å². The van der Waals surface area contributed by atoms with Gasteiger partial charge in [-0.25, -0.2) is 9.59 Å². The molecule has 0 amide bonds. The fraction of sp³-hybridized carbons (Fsp3) is 0.400. The molecule has 0 unspecified atom stereocenters. The lowest BCUT2D eigenvalue weighted by Gasteiger charge is -1.99. The Balaban J connectivity index is 0.000000396. The van der Waals surface area contributed by atoms with Crippen molar-refractivity contribution in [3.05, 3.63) is 23.3 Å². The minimum Gasteiger partial charge on any atom is -0.386 e. The molecule has 0 saturated carbocycles. The molecule has 0 aromatic heterocycles. The van der Waals surface area contributed by atoms with E-state index in [2.05, 4.69) is 4.74 Å². The predicted octanol–water partition coefficient (Wildman–Crippen LogP) is 1.74. The highest BCUT2D eigenvalue weighted by molar-refractivity contribution is 6.18. The van der Waals surface area contributed by atoms with Gasteiger partial charge in [-0.2, -0.15) is 0 Å². The van der Waals surface area contributed by atoms with Crippen molar-refractivity contribution in [1.29, 1.82) is 0 Å². The first-order valence-corrected chi connectivity index (χ1v) is 4.46. The van der Waals surface area contributed by atoms with Crippen molar-refractivity contribution in [2.75, 3.05) is 0 Å². The molecule has 0 aromatic carbocycles. The van der Waals surface area contributed by atoms with Gasteiger partial charge in [-0.1, -0.05) is 26.0 Å². The maximum atomic E-state index is 10.9. The average molecular weight is 180 g/mol. The van der Waals surface area contributed by atoms with Gasteiger partial charge in [-0.05, 0) is 12.8 Å². The van der Waals surface area contributed by atoms with Gasteiger partial charge in [0.15, 0.2) is 0 Å². The largest absolute Gasteiger partial charge is 0.386 e. The van der Waals surface area contributed by atoms with Gasteiger partial charge in [0.1, 0.15) is 0 Å². The van der Waals surface area contributed by atoms with E-state index in [1.807, 2.05) is 13.8 Å². The zero-order valence-electron chi connectivity index (χ0n) is 7.79. The van der Waals surface area contributed by atoms with Crippen molar-refractivity contribution < 1.29 is 14.3 Å². The number of rotatable bonds is 0. The van der Waals surface area contributed by atoms with Crippen LogP contribution in [0.25, 0.3) is 0 Å². The van der Waals surface area contributed by atoms with Crippen LogP contribution in [0.1, 0.15) is 26.7 Å². The Morgan fingerprint density at radius 2 is 1.38 bits per heavy atom. The van der Waals surface area contributed by atoms with Crippen molar-refractivity contribution in [1.82, 2.24) is 0 Å². The fourth-order valence-electron chi connectivity index (χ4n) is 1.26. The normalized spacial score (nSPS) is 19.2. The summed E-state index contributed by atoms with van der Waals surface area (Å²) in [6, 6.07) is 0. The second-order valence-electron chi connectivity index (χ2n) is 2.49. The quantitative estimate of drug-likeness (QED) is 0.421. The third-order valence-electron chi connectivity index (χ3n) is 1.78. The van der Waals surface area contributed by atoms with E-state index in [0.29, 0.717) is 11.1 Å². The predicted molar refractivity (Wildman–Crippen MR) is 47.8 cm³/mol. The third kappa shape index (κ3) is 1.69. The van der Waals surface area contributed by atoms with Gasteiger partial charge < -0.3 is 4.74 Å². The Morgan fingerprint density at radius 1 is 1.00 bits per heavy atom. The van der Waals surface area contributed by atoms with E-state index < -0.39 is 11.9 Å². The van der Waals surface area contributed by atoms with Crippen LogP contribution in [0.3, 0.4) is 0 Å². The summed E-state index contributed by atoms with van der Waals surface area (Å²) in [6.45, 7) is 4.00. The number of esters is 2. The van der Waals surface area contributed by atoms with Crippen LogP contribution in [0.4, 0.5) is 0 Å². The smallest absolute Gasteiger partial charge is 0.346 e. The molecule has 70 valence electrons. The first-order valence-electron chi connectivity index (χ1n) is 4.46. The molecular formula is C10H12O3. The van der Waals surface area contributed by atoms with Gasteiger partial charge in [0.2, 0.25) is 0 Å². The van der Waals surface area contributed by atoms with Crippen molar-refractivity contribution in [3.8, 4) is 0 Å². The van der Waals surface area contributed by atoms with Crippen LogP contribution in [-0.2, 0) is 14.3 Å². The number of allylic oxidation sites excluding steroid dienone is 2. The molecule has 3 nitrogen and oxygen atoms in total. The summed E-state index contributed by atoms with van der Waals surface area (Å²) in [5.41, 5.74) is 0.891. The Bertz CT molecular complexity index is 267. The van der Waals surface area contributed by atoms with E-state index in [1.54, 1.807) is 12.2 Å². The van der Waals surface area contributed by atoms with Crippen LogP contribution in [-0.4, -0.2) is 11.9 Å². The molecule has 1 heterocycles. The van der Waals surface area contributed by atoms with E-state index in [-0.39, 0.29) is 0 Å². The number of ether oxygens (including phenoxy) is 1. The zero-order valence-corrected chi connectivity index (χ0v) is 7.79. The van der Waals surface area contributed by atoms with Crippen LogP contribution in [0.15, 0.2) is 23.3 Å². The molecule has 3 heteroatoms. The van der Waals surface area contributed by atoms with Crippen molar-refractivity contribution >= 4 is 11.9 Å². The molecule has 0 N–H and O–H groups in total. The van der Waals surface area contributed by atoms with E-state index >= 15 is 0 Å². The Morgan fingerprint density at radius 3 is 1.77 bits per heavy atom. The number of carbonyl (C=O) groups is 2. The van der Waals surface area contributed by atoms with Crippen LogP contribution < -0.4 is 0 Å². The highest BCUT2D eigenvalue weighted by Crippen LogP contribution is 2.26. The molecule has 0 bridgehead atoms. The van der Waals surface area contributed by atoms with Crippen LogP contribution in [0.2, 0.25) is 0 Å². The maximum absolute atomic E-state index is 10.9. The van der Waals surface area contributed by atoms with E-state index in [4.69, 9.17) is 0 Å². The van der Waals surface area contributed by atoms with Gasteiger partial charge >= 0.3 is 11.9 Å². The van der Waals surface area contributed by atoms with Gasteiger partial charge in [-0.3, -0.25) is 0 Å². The Hall–Kier alpha value is -1.38. The molecule has 0 aromatic rings. The van der Waals surface area contributed by atoms with Crippen LogP contribution in [0.5, 0.6) is 0 Å².